The molecule has 2 aromatic carbocycles. The first-order valence-corrected chi connectivity index (χ1v) is 13.5. The average molecular weight is 554 g/mol. The summed E-state index contributed by atoms with van der Waals surface area (Å²) >= 11 is 0. The van der Waals surface area contributed by atoms with E-state index in [9.17, 15) is 10.0 Å². The van der Waals surface area contributed by atoms with Crippen molar-refractivity contribution in [2.24, 2.45) is 0 Å². The highest BCUT2D eigenvalue weighted by Gasteiger charge is 2.37. The lowest BCUT2D eigenvalue weighted by Gasteiger charge is -2.35. The largest absolute Gasteiger partial charge is 0.618 e. The number of nitrogens with one attached hydrogen (secondary N) is 1. The second-order valence-electron chi connectivity index (χ2n) is 10.1. The van der Waals surface area contributed by atoms with Gasteiger partial charge in [0.2, 0.25) is 11.2 Å². The lowest BCUT2D eigenvalue weighted by molar-refractivity contribution is -0.585. The van der Waals surface area contributed by atoms with E-state index in [1.807, 2.05) is 6.92 Å². The Labute approximate surface area is 235 Å². The Kier molecular flexibility index (Phi) is 6.78. The summed E-state index contributed by atoms with van der Waals surface area (Å²) in [6.07, 6.45) is 2.78. The number of halogens is 1. The molecule has 1 aliphatic carbocycles. The lowest BCUT2D eigenvalue weighted by Crippen LogP contribution is -2.44. The highest BCUT2D eigenvalue weighted by molar-refractivity contribution is 6.04. The predicted molar refractivity (Wildman–Crippen MR) is 149 cm³/mol. The van der Waals surface area contributed by atoms with Crippen molar-refractivity contribution in [2.75, 3.05) is 6.61 Å². The van der Waals surface area contributed by atoms with E-state index in [0.29, 0.717) is 76.2 Å². The number of fused-ring (bicyclic) bond motifs is 1. The minimum atomic E-state index is -0.408. The van der Waals surface area contributed by atoms with Crippen LogP contribution < -0.4 is 14.8 Å². The van der Waals surface area contributed by atoms with Crippen molar-refractivity contribution in [1.82, 2.24) is 30.0 Å². The molecule has 5 aromatic rings. The van der Waals surface area contributed by atoms with E-state index >= 15 is 4.39 Å². The van der Waals surface area contributed by atoms with Crippen LogP contribution >= 0.6 is 0 Å². The fourth-order valence-corrected chi connectivity index (χ4v) is 5.14. The number of aryl methyl sites for hydroxylation is 1. The van der Waals surface area contributed by atoms with Gasteiger partial charge in [0.15, 0.2) is 5.82 Å². The molecule has 208 valence electrons. The van der Waals surface area contributed by atoms with E-state index in [2.05, 4.69) is 25.5 Å². The smallest absolute Gasteiger partial charge is 0.253 e. The van der Waals surface area contributed by atoms with E-state index in [-0.39, 0.29) is 17.9 Å². The molecule has 0 saturated heterocycles. The molecule has 0 atom stereocenters. The van der Waals surface area contributed by atoms with Crippen molar-refractivity contribution in [2.45, 2.75) is 45.6 Å². The van der Waals surface area contributed by atoms with Crippen LogP contribution in [0, 0.1) is 24.9 Å². The van der Waals surface area contributed by atoms with Gasteiger partial charge in [-0.25, -0.2) is 14.4 Å². The maximum absolute atomic E-state index is 15.0. The maximum Gasteiger partial charge on any atom is 0.253 e. The molecular formula is C30H28FN7O3. The minimum Gasteiger partial charge on any atom is -0.618 e. The number of hydrogen-bond acceptors (Lipinski definition) is 7. The van der Waals surface area contributed by atoms with Crippen LogP contribution in [-0.4, -0.2) is 43.3 Å². The van der Waals surface area contributed by atoms with E-state index < -0.39 is 5.82 Å². The predicted octanol–water partition coefficient (Wildman–Crippen LogP) is 4.34. The number of benzene rings is 2. The van der Waals surface area contributed by atoms with Crippen molar-refractivity contribution in [1.29, 1.82) is 0 Å². The molecule has 0 unspecified atom stereocenters. The van der Waals surface area contributed by atoms with Crippen molar-refractivity contribution >= 4 is 16.9 Å². The molecule has 1 saturated carbocycles. The summed E-state index contributed by atoms with van der Waals surface area (Å²) in [4.78, 5) is 22.2. The molecule has 0 spiro atoms. The normalized spacial score (nSPS) is 16.4. The number of amides is 1. The number of hydrogen-bond donors (Lipinski definition) is 1. The van der Waals surface area contributed by atoms with Gasteiger partial charge in [-0.1, -0.05) is 18.2 Å². The Balaban J connectivity index is 1.26. The lowest BCUT2D eigenvalue weighted by atomic mass is 9.79. The van der Waals surface area contributed by atoms with Crippen LogP contribution in [0.5, 0.6) is 5.75 Å². The van der Waals surface area contributed by atoms with Gasteiger partial charge in [0.1, 0.15) is 34.3 Å². The Hall–Kier alpha value is -4.93. The van der Waals surface area contributed by atoms with Gasteiger partial charge >= 0.3 is 0 Å². The molecule has 1 fully saturated rings. The summed E-state index contributed by atoms with van der Waals surface area (Å²) in [5.74, 6) is 0.862. The molecule has 6 rings (SSSR count). The van der Waals surface area contributed by atoms with E-state index in [1.54, 1.807) is 73.1 Å². The quantitative estimate of drug-likeness (QED) is 0.235. The summed E-state index contributed by atoms with van der Waals surface area (Å²) in [6.45, 7) is 5.86. The third-order valence-corrected chi connectivity index (χ3v) is 7.48. The fourth-order valence-electron chi connectivity index (χ4n) is 5.14. The highest BCUT2D eigenvalue weighted by Crippen LogP contribution is 2.39. The van der Waals surface area contributed by atoms with Crippen LogP contribution in [-0.2, 0) is 0 Å². The molecule has 10 nitrogen and oxygen atoms in total. The van der Waals surface area contributed by atoms with Gasteiger partial charge in [0.05, 0.1) is 24.1 Å². The van der Waals surface area contributed by atoms with Crippen molar-refractivity contribution < 1.29 is 18.7 Å². The van der Waals surface area contributed by atoms with Gasteiger partial charge in [0.25, 0.3) is 5.91 Å². The molecule has 1 aliphatic rings. The fraction of sp³-hybridized carbons (Fsp3) is 0.267. The van der Waals surface area contributed by atoms with Gasteiger partial charge in [-0.15, -0.1) is 10.2 Å². The molecule has 3 aromatic heterocycles. The zero-order chi connectivity index (χ0) is 28.7. The second kappa shape index (κ2) is 10.6. The number of rotatable bonds is 7. The molecule has 11 heteroatoms. The van der Waals surface area contributed by atoms with E-state index in [0.717, 1.165) is 4.73 Å². The van der Waals surface area contributed by atoms with Crippen LogP contribution in [0.3, 0.4) is 0 Å². The van der Waals surface area contributed by atoms with Gasteiger partial charge in [0, 0.05) is 24.9 Å². The van der Waals surface area contributed by atoms with Crippen LogP contribution in [0.1, 0.15) is 53.3 Å². The Morgan fingerprint density at radius 1 is 1.12 bits per heavy atom. The van der Waals surface area contributed by atoms with Crippen molar-refractivity contribution in [3.8, 4) is 23.0 Å². The topological polar surface area (TPSA) is 122 Å². The van der Waals surface area contributed by atoms with Crippen LogP contribution in [0.2, 0.25) is 0 Å². The standard InChI is InChI=1S/C30H28FN7O3/c1-4-41-21-12-13-24(32-16-21)29-36-35-28(37(29)25-10-6-5-9-23(25)31)19-14-20(15-19)34-30(39)22-8-7-11-26-27(22)33-17(2)18(3)38(26)40/h5-13,16,19-20H,4,14-15H2,1-3H3,(H,34,39)/t19-,20-. The summed E-state index contributed by atoms with van der Waals surface area (Å²) in [5, 5.41) is 24.5. The number of aromatic nitrogens is 6. The number of para-hydroxylation sites is 2. The molecular weight excluding hydrogens is 525 g/mol. The molecule has 0 bridgehead atoms. The third kappa shape index (κ3) is 4.73. The zero-order valence-electron chi connectivity index (χ0n) is 22.8. The third-order valence-electron chi connectivity index (χ3n) is 7.48. The minimum absolute atomic E-state index is 0.0665. The number of carbonyl (C=O) groups is 1. The molecule has 3 heterocycles. The Morgan fingerprint density at radius 2 is 1.93 bits per heavy atom. The first-order chi connectivity index (χ1) is 19.9. The summed E-state index contributed by atoms with van der Waals surface area (Å²) in [6, 6.07) is 14.9. The maximum atomic E-state index is 15.0. The number of nitrogens with zero attached hydrogens (tertiary/aromatic N) is 6. The average Bonchev–Trinajstić information content (AvgIpc) is 3.38. The molecule has 0 aliphatic heterocycles. The molecule has 1 N–H and O–H groups in total. The molecule has 1 amide bonds. The van der Waals surface area contributed by atoms with Gasteiger partial charge in [-0.05, 0) is 57.0 Å². The van der Waals surface area contributed by atoms with Gasteiger partial charge in [-0.2, -0.15) is 4.73 Å². The zero-order valence-corrected chi connectivity index (χ0v) is 22.8. The van der Waals surface area contributed by atoms with E-state index in [4.69, 9.17) is 4.74 Å². The molecule has 0 radical (unpaired) electrons. The number of ether oxygens (including phenoxy) is 1. The highest BCUT2D eigenvalue weighted by atomic mass is 19.1. The van der Waals surface area contributed by atoms with Crippen LogP contribution in [0.25, 0.3) is 28.2 Å². The number of pyridine rings is 1. The SMILES string of the molecule is CCOc1ccc(-c2nnc([C@H]3C[C@H](NC(=O)c4cccc5c4nc(C)c(C)[n+]5[O-])C3)n2-c2ccccc2F)nc1. The van der Waals surface area contributed by atoms with Gasteiger partial charge in [-0.3, -0.25) is 9.36 Å². The van der Waals surface area contributed by atoms with Crippen molar-refractivity contribution in [3.05, 3.63) is 94.6 Å². The summed E-state index contributed by atoms with van der Waals surface area (Å²) in [7, 11) is 0. The Bertz CT molecular complexity index is 1760. The van der Waals surface area contributed by atoms with Crippen LogP contribution in [0.4, 0.5) is 4.39 Å². The summed E-state index contributed by atoms with van der Waals surface area (Å²) < 4.78 is 23.0. The first kappa shape index (κ1) is 26.3. The van der Waals surface area contributed by atoms with E-state index in [1.165, 1.54) is 6.07 Å². The van der Waals surface area contributed by atoms with Gasteiger partial charge < -0.3 is 15.3 Å². The monoisotopic (exact) mass is 553 g/mol. The Morgan fingerprint density at radius 3 is 2.66 bits per heavy atom. The summed E-state index contributed by atoms with van der Waals surface area (Å²) in [5.41, 5.74) is 2.98. The number of carbonyl (C=O) groups excluding carboxylic acids is 1. The van der Waals surface area contributed by atoms with Crippen LogP contribution in [0.15, 0.2) is 60.8 Å². The molecule has 41 heavy (non-hydrogen) atoms. The first-order valence-electron chi connectivity index (χ1n) is 13.5. The van der Waals surface area contributed by atoms with Crippen molar-refractivity contribution in [3.63, 3.8) is 0 Å². The second-order valence-corrected chi connectivity index (χ2v) is 10.1.